The molecule has 0 atom stereocenters. The Morgan fingerprint density at radius 1 is 1.02 bits per heavy atom. The average molecular weight is 580 g/mol. The Bertz CT molecular complexity index is 1740. The lowest BCUT2D eigenvalue weighted by Crippen LogP contribution is -2.35. The number of aromatic nitrogens is 1. The molecule has 0 radical (unpaired) electrons. The van der Waals surface area contributed by atoms with Crippen LogP contribution in [0.5, 0.6) is 5.75 Å². The lowest BCUT2D eigenvalue weighted by Gasteiger charge is -2.20. The molecule has 1 aromatic heterocycles. The van der Waals surface area contributed by atoms with Gasteiger partial charge in [-0.25, -0.2) is 0 Å². The Morgan fingerprint density at radius 3 is 2.68 bits per heavy atom. The van der Waals surface area contributed by atoms with Crippen molar-refractivity contribution in [3.8, 4) is 5.75 Å². The smallest absolute Gasteiger partial charge is 0.283 e. The number of amidine groups is 2. The van der Waals surface area contributed by atoms with Crippen LogP contribution in [0.3, 0.4) is 0 Å². The third kappa shape index (κ3) is 5.73. The van der Waals surface area contributed by atoms with Crippen molar-refractivity contribution in [3.05, 3.63) is 107 Å². The van der Waals surface area contributed by atoms with E-state index in [1.54, 1.807) is 17.8 Å². The van der Waals surface area contributed by atoms with Crippen molar-refractivity contribution in [1.29, 1.82) is 5.41 Å². The number of aryl methyl sites for hydroxylation is 2. The van der Waals surface area contributed by atoms with Gasteiger partial charge < -0.3 is 9.30 Å². The number of amides is 1. The summed E-state index contributed by atoms with van der Waals surface area (Å²) in [5, 5.41) is 16.3. The molecule has 41 heavy (non-hydrogen) atoms. The molecule has 2 aliphatic rings. The molecule has 6 rings (SSSR count). The molecule has 1 amide bonds. The number of benzene rings is 3. The van der Waals surface area contributed by atoms with Gasteiger partial charge in [-0.1, -0.05) is 72.4 Å². The number of ether oxygens (including phenoxy) is 1. The molecule has 3 heterocycles. The van der Waals surface area contributed by atoms with Crippen molar-refractivity contribution >= 4 is 61.8 Å². The SMILES string of the molecule is Cc1cccc(OCCCn2cc(/C=C3\C(=N)N4N=C(SCc5ccccc5)SC4=NC3=O)c3ccccc32)c1C. The number of aliphatic imine (C=N–C) groups is 1. The fraction of sp³-hybridized carbons (Fsp3) is 0.188. The third-order valence-corrected chi connectivity index (χ3v) is 9.23. The monoisotopic (exact) mass is 579 g/mol. The van der Waals surface area contributed by atoms with E-state index in [4.69, 9.17) is 10.1 Å². The van der Waals surface area contributed by atoms with Gasteiger partial charge in [-0.3, -0.25) is 10.2 Å². The van der Waals surface area contributed by atoms with Gasteiger partial charge in [0.05, 0.1) is 12.2 Å². The molecule has 7 nitrogen and oxygen atoms in total. The van der Waals surface area contributed by atoms with E-state index in [0.717, 1.165) is 45.3 Å². The number of fused-ring (bicyclic) bond motifs is 2. The first kappa shape index (κ1) is 27.1. The quantitative estimate of drug-likeness (QED) is 0.176. The Labute approximate surface area is 247 Å². The van der Waals surface area contributed by atoms with E-state index >= 15 is 0 Å². The predicted octanol–water partition coefficient (Wildman–Crippen LogP) is 7.24. The van der Waals surface area contributed by atoms with Crippen molar-refractivity contribution < 1.29 is 9.53 Å². The minimum atomic E-state index is -0.419. The standard InChI is InChI=1S/C32H29N5O2S2/c1-21-10-8-15-28(22(21)2)39-17-9-16-36-19-24(25-13-6-7-14-27(25)36)18-26-29(33)37-31(34-30(26)38)41-32(35-37)40-20-23-11-4-3-5-12-23/h3-8,10-15,18-19,33H,9,16-17,20H2,1-2H3/b26-18+,33-29?. The molecule has 0 spiro atoms. The average Bonchev–Trinajstić information content (AvgIpc) is 3.56. The molecule has 1 N–H and O–H groups in total. The summed E-state index contributed by atoms with van der Waals surface area (Å²) in [5.41, 5.74) is 5.75. The number of nitrogens with one attached hydrogen (secondary N) is 1. The first-order chi connectivity index (χ1) is 20.0. The van der Waals surface area contributed by atoms with E-state index in [2.05, 4.69) is 52.8 Å². The molecule has 4 aromatic rings. The van der Waals surface area contributed by atoms with Gasteiger partial charge in [0.2, 0.25) is 5.17 Å². The van der Waals surface area contributed by atoms with Gasteiger partial charge in [0.15, 0.2) is 10.2 Å². The summed E-state index contributed by atoms with van der Waals surface area (Å²) in [5.74, 6) is 1.30. The number of nitrogens with zero attached hydrogens (tertiary/aromatic N) is 4. The summed E-state index contributed by atoms with van der Waals surface area (Å²) in [7, 11) is 0. The van der Waals surface area contributed by atoms with E-state index < -0.39 is 5.91 Å². The zero-order valence-corrected chi connectivity index (χ0v) is 24.5. The first-order valence-corrected chi connectivity index (χ1v) is 15.2. The largest absolute Gasteiger partial charge is 0.493 e. The third-order valence-electron chi connectivity index (χ3n) is 7.12. The van der Waals surface area contributed by atoms with E-state index in [1.807, 2.05) is 54.7 Å². The molecule has 9 heteroatoms. The Kier molecular flexibility index (Phi) is 7.80. The summed E-state index contributed by atoms with van der Waals surface area (Å²) in [6.07, 6.45) is 4.64. The number of hydrazone groups is 1. The normalized spacial score (nSPS) is 15.9. The molecule has 0 aliphatic carbocycles. The molecule has 0 saturated carbocycles. The highest BCUT2D eigenvalue weighted by Gasteiger charge is 2.36. The van der Waals surface area contributed by atoms with Crippen LogP contribution in [0, 0.1) is 19.3 Å². The van der Waals surface area contributed by atoms with Crippen LogP contribution in [0.25, 0.3) is 17.0 Å². The number of carbonyl (C=O) groups excluding carboxylic acids is 1. The second-order valence-electron chi connectivity index (χ2n) is 9.86. The zero-order valence-electron chi connectivity index (χ0n) is 22.8. The first-order valence-electron chi connectivity index (χ1n) is 13.4. The van der Waals surface area contributed by atoms with Gasteiger partial charge >= 0.3 is 0 Å². The molecule has 3 aromatic carbocycles. The van der Waals surface area contributed by atoms with Crippen molar-refractivity contribution in [1.82, 2.24) is 9.58 Å². The number of hydrogen-bond donors (Lipinski definition) is 1. The van der Waals surface area contributed by atoms with Crippen LogP contribution in [0.15, 0.2) is 94.7 Å². The van der Waals surface area contributed by atoms with E-state index in [0.29, 0.717) is 11.8 Å². The van der Waals surface area contributed by atoms with Crippen molar-refractivity contribution in [3.63, 3.8) is 0 Å². The highest BCUT2D eigenvalue weighted by atomic mass is 32.2. The van der Waals surface area contributed by atoms with Crippen molar-refractivity contribution in [2.45, 2.75) is 32.6 Å². The molecular formula is C32H29N5O2S2. The summed E-state index contributed by atoms with van der Waals surface area (Å²) in [4.78, 5) is 17.3. The Balaban J connectivity index is 1.18. The van der Waals surface area contributed by atoms with Gasteiger partial charge in [-0.15, -0.1) is 5.10 Å². The summed E-state index contributed by atoms with van der Waals surface area (Å²) >= 11 is 2.91. The van der Waals surface area contributed by atoms with Crippen LogP contribution in [0.1, 0.15) is 28.7 Å². The number of thioether (sulfide) groups is 2. The van der Waals surface area contributed by atoms with Crippen LogP contribution >= 0.6 is 23.5 Å². The van der Waals surface area contributed by atoms with Crippen LogP contribution in [0.4, 0.5) is 0 Å². The van der Waals surface area contributed by atoms with Crippen LogP contribution in [-0.2, 0) is 17.1 Å². The van der Waals surface area contributed by atoms with Crippen molar-refractivity contribution in [2.24, 2.45) is 10.1 Å². The summed E-state index contributed by atoms with van der Waals surface area (Å²) in [6, 6.07) is 24.4. The minimum Gasteiger partial charge on any atom is -0.493 e. The van der Waals surface area contributed by atoms with E-state index in [9.17, 15) is 4.79 Å². The second kappa shape index (κ2) is 11.8. The Morgan fingerprint density at radius 2 is 1.83 bits per heavy atom. The Hall–Kier alpha value is -4.08. The molecule has 2 aliphatic heterocycles. The molecule has 0 bridgehead atoms. The predicted molar refractivity (Wildman–Crippen MR) is 171 cm³/mol. The topological polar surface area (TPSA) is 83.0 Å². The summed E-state index contributed by atoms with van der Waals surface area (Å²) in [6.45, 7) is 5.53. The van der Waals surface area contributed by atoms with E-state index in [-0.39, 0.29) is 11.4 Å². The van der Waals surface area contributed by atoms with Crippen molar-refractivity contribution in [2.75, 3.05) is 6.61 Å². The fourth-order valence-corrected chi connectivity index (χ4v) is 6.66. The molecule has 0 unspecified atom stereocenters. The fourth-order valence-electron chi connectivity index (χ4n) is 4.78. The zero-order chi connectivity index (χ0) is 28.3. The highest BCUT2D eigenvalue weighted by molar-refractivity contribution is 8.45. The van der Waals surface area contributed by atoms with Gasteiger partial charge in [0, 0.05) is 35.0 Å². The molecule has 206 valence electrons. The number of hydrogen-bond acceptors (Lipinski definition) is 6. The maximum atomic E-state index is 13.1. The van der Waals surface area contributed by atoms with Gasteiger partial charge in [-0.2, -0.15) is 10.0 Å². The van der Waals surface area contributed by atoms with Crippen LogP contribution in [-0.4, -0.2) is 37.5 Å². The lowest BCUT2D eigenvalue weighted by molar-refractivity contribution is -0.114. The second-order valence-corrected chi connectivity index (χ2v) is 12.0. The number of para-hydroxylation sites is 1. The molecular weight excluding hydrogens is 551 g/mol. The lowest BCUT2D eigenvalue weighted by atomic mass is 10.1. The van der Waals surface area contributed by atoms with Gasteiger partial charge in [-0.05, 0) is 66.9 Å². The van der Waals surface area contributed by atoms with Gasteiger partial charge in [0.1, 0.15) is 5.75 Å². The number of carbonyl (C=O) groups is 1. The number of rotatable bonds is 8. The van der Waals surface area contributed by atoms with Gasteiger partial charge in [0.25, 0.3) is 5.91 Å². The maximum Gasteiger partial charge on any atom is 0.283 e. The molecule has 0 saturated heterocycles. The maximum absolute atomic E-state index is 13.1. The van der Waals surface area contributed by atoms with E-state index in [1.165, 1.54) is 33.5 Å². The molecule has 0 fully saturated rings. The van der Waals surface area contributed by atoms with Crippen LogP contribution < -0.4 is 4.74 Å². The van der Waals surface area contributed by atoms with Crippen LogP contribution in [0.2, 0.25) is 0 Å². The summed E-state index contributed by atoms with van der Waals surface area (Å²) < 4.78 is 9.02. The minimum absolute atomic E-state index is 0.0431. The highest BCUT2D eigenvalue weighted by Crippen LogP contribution is 2.34.